The van der Waals surface area contributed by atoms with E-state index in [4.69, 9.17) is 9.15 Å². The molecule has 0 unspecified atom stereocenters. The normalized spacial score (nSPS) is 11.3. The van der Waals surface area contributed by atoms with Crippen LogP contribution in [0.4, 0.5) is 5.69 Å². The van der Waals surface area contributed by atoms with Crippen LogP contribution in [0.3, 0.4) is 0 Å². The van der Waals surface area contributed by atoms with Gasteiger partial charge in [0.2, 0.25) is 11.8 Å². The standard InChI is InChI=1S/C20H26N2O4/c1-6-7-18(24)22-14-8-9-16(15(10-14)13(2)23)25-12-19-21-11-17(26-19)20(3,4)5/h8-11H,6-7,12H2,1-5H3,(H,22,24). The Morgan fingerprint density at radius 3 is 2.58 bits per heavy atom. The van der Waals surface area contributed by atoms with E-state index in [1.165, 1.54) is 6.92 Å². The molecule has 0 aliphatic heterocycles. The lowest BCUT2D eigenvalue weighted by Gasteiger charge is -2.13. The van der Waals surface area contributed by atoms with Crippen molar-refractivity contribution in [3.05, 3.63) is 41.6 Å². The Morgan fingerprint density at radius 1 is 1.27 bits per heavy atom. The van der Waals surface area contributed by atoms with Gasteiger partial charge in [-0.15, -0.1) is 0 Å². The molecule has 0 aliphatic carbocycles. The zero-order valence-electron chi connectivity index (χ0n) is 16.0. The Balaban J connectivity index is 2.12. The Morgan fingerprint density at radius 2 is 2.00 bits per heavy atom. The Hall–Kier alpha value is -2.63. The largest absolute Gasteiger partial charge is 0.483 e. The van der Waals surface area contributed by atoms with Crippen LogP contribution in [0.25, 0.3) is 0 Å². The molecule has 0 aliphatic rings. The summed E-state index contributed by atoms with van der Waals surface area (Å²) in [6.45, 7) is 9.64. The molecule has 6 nitrogen and oxygen atoms in total. The summed E-state index contributed by atoms with van der Waals surface area (Å²) in [6.07, 6.45) is 2.89. The van der Waals surface area contributed by atoms with Gasteiger partial charge in [0.25, 0.3) is 0 Å². The van der Waals surface area contributed by atoms with Crippen LogP contribution < -0.4 is 10.1 Å². The monoisotopic (exact) mass is 358 g/mol. The van der Waals surface area contributed by atoms with E-state index in [0.717, 1.165) is 12.2 Å². The number of nitrogens with one attached hydrogen (secondary N) is 1. The van der Waals surface area contributed by atoms with E-state index in [-0.39, 0.29) is 23.7 Å². The fourth-order valence-electron chi connectivity index (χ4n) is 2.32. The molecule has 140 valence electrons. The number of benzene rings is 1. The number of carbonyl (C=O) groups excluding carboxylic acids is 2. The minimum absolute atomic E-state index is 0.0786. The van der Waals surface area contributed by atoms with Crippen molar-refractivity contribution in [1.29, 1.82) is 0 Å². The van der Waals surface area contributed by atoms with E-state index < -0.39 is 0 Å². The summed E-state index contributed by atoms with van der Waals surface area (Å²) < 4.78 is 11.4. The molecule has 2 rings (SSSR count). The number of amides is 1. The number of rotatable bonds is 7. The number of hydrogen-bond acceptors (Lipinski definition) is 5. The summed E-state index contributed by atoms with van der Waals surface area (Å²) in [4.78, 5) is 27.9. The van der Waals surface area contributed by atoms with Gasteiger partial charge in [-0.25, -0.2) is 4.98 Å². The second kappa shape index (κ2) is 8.17. The topological polar surface area (TPSA) is 81.4 Å². The number of nitrogens with zero attached hydrogens (tertiary/aromatic N) is 1. The van der Waals surface area contributed by atoms with Gasteiger partial charge in [-0.2, -0.15) is 0 Å². The van der Waals surface area contributed by atoms with Crippen molar-refractivity contribution in [3.8, 4) is 5.75 Å². The molecule has 0 bridgehead atoms. The van der Waals surface area contributed by atoms with Crippen molar-refractivity contribution in [3.63, 3.8) is 0 Å². The molecule has 26 heavy (non-hydrogen) atoms. The third-order valence-corrected chi connectivity index (χ3v) is 3.76. The third-order valence-electron chi connectivity index (χ3n) is 3.76. The van der Waals surface area contributed by atoms with Crippen molar-refractivity contribution in [2.45, 2.75) is 59.5 Å². The van der Waals surface area contributed by atoms with E-state index in [1.807, 2.05) is 27.7 Å². The number of hydrogen-bond donors (Lipinski definition) is 1. The van der Waals surface area contributed by atoms with Gasteiger partial charge in [-0.1, -0.05) is 27.7 Å². The molecular weight excluding hydrogens is 332 g/mol. The average Bonchev–Trinajstić information content (AvgIpc) is 3.03. The first-order chi connectivity index (χ1) is 12.2. The minimum Gasteiger partial charge on any atom is -0.483 e. The molecular formula is C20H26N2O4. The van der Waals surface area contributed by atoms with E-state index in [0.29, 0.717) is 29.3 Å². The maximum Gasteiger partial charge on any atom is 0.232 e. The molecule has 2 aromatic rings. The van der Waals surface area contributed by atoms with Crippen LogP contribution in [0.5, 0.6) is 5.75 Å². The quantitative estimate of drug-likeness (QED) is 0.737. The first-order valence-electron chi connectivity index (χ1n) is 8.73. The van der Waals surface area contributed by atoms with Gasteiger partial charge in [-0.3, -0.25) is 9.59 Å². The van der Waals surface area contributed by atoms with Crippen molar-refractivity contribution in [2.75, 3.05) is 5.32 Å². The number of ketones is 1. The molecule has 0 fully saturated rings. The minimum atomic E-state index is -0.144. The molecule has 1 aromatic carbocycles. The van der Waals surface area contributed by atoms with Crippen LogP contribution in [0.2, 0.25) is 0 Å². The van der Waals surface area contributed by atoms with E-state index in [9.17, 15) is 9.59 Å². The number of carbonyl (C=O) groups is 2. The predicted molar refractivity (Wildman–Crippen MR) is 99.5 cm³/mol. The highest BCUT2D eigenvalue weighted by atomic mass is 16.5. The first-order valence-corrected chi connectivity index (χ1v) is 8.73. The summed E-state index contributed by atoms with van der Waals surface area (Å²) in [5.74, 6) is 1.43. The van der Waals surface area contributed by atoms with Crippen LogP contribution in [0.1, 0.15) is 69.5 Å². The Kier molecular flexibility index (Phi) is 6.18. The number of Topliss-reactive ketones (excluding diaryl/α,β-unsaturated/α-hetero) is 1. The van der Waals surface area contributed by atoms with E-state index in [1.54, 1.807) is 24.4 Å². The maximum atomic E-state index is 11.9. The van der Waals surface area contributed by atoms with Crippen LogP contribution >= 0.6 is 0 Å². The van der Waals surface area contributed by atoms with Gasteiger partial charge in [0.15, 0.2) is 12.4 Å². The Labute approximate surface area is 154 Å². The second-order valence-electron chi connectivity index (χ2n) is 7.22. The third kappa shape index (κ3) is 5.18. The van der Waals surface area contributed by atoms with Gasteiger partial charge in [-0.05, 0) is 31.5 Å². The van der Waals surface area contributed by atoms with Crippen LogP contribution in [0.15, 0.2) is 28.8 Å². The molecule has 0 saturated heterocycles. The molecule has 0 atom stereocenters. The maximum absolute atomic E-state index is 11.9. The molecule has 0 radical (unpaired) electrons. The Bertz CT molecular complexity index is 787. The molecule has 1 N–H and O–H groups in total. The van der Waals surface area contributed by atoms with Crippen molar-refractivity contribution in [1.82, 2.24) is 4.98 Å². The number of aromatic nitrogens is 1. The van der Waals surface area contributed by atoms with Gasteiger partial charge in [0, 0.05) is 17.5 Å². The van der Waals surface area contributed by atoms with Gasteiger partial charge in [0.05, 0.1) is 11.8 Å². The molecule has 0 spiro atoms. The predicted octanol–water partition coefficient (Wildman–Crippen LogP) is 4.49. The SMILES string of the molecule is CCCC(=O)Nc1ccc(OCc2ncc(C(C)(C)C)o2)c(C(C)=O)c1. The highest BCUT2D eigenvalue weighted by Crippen LogP contribution is 2.26. The zero-order chi connectivity index (χ0) is 19.3. The molecule has 6 heteroatoms. The summed E-state index contributed by atoms with van der Waals surface area (Å²) in [6, 6.07) is 5.01. The van der Waals surface area contributed by atoms with Crippen LogP contribution in [0, 0.1) is 0 Å². The molecule has 0 saturated carbocycles. The summed E-state index contributed by atoms with van der Waals surface area (Å²) >= 11 is 0. The van der Waals surface area contributed by atoms with Crippen molar-refractivity contribution >= 4 is 17.4 Å². The van der Waals surface area contributed by atoms with Crippen molar-refractivity contribution in [2.24, 2.45) is 0 Å². The lowest BCUT2D eigenvalue weighted by atomic mass is 9.94. The summed E-state index contributed by atoms with van der Waals surface area (Å²) in [7, 11) is 0. The van der Waals surface area contributed by atoms with Gasteiger partial charge in [0.1, 0.15) is 11.5 Å². The second-order valence-corrected chi connectivity index (χ2v) is 7.22. The highest BCUT2D eigenvalue weighted by molar-refractivity contribution is 5.99. The molecule has 1 amide bonds. The van der Waals surface area contributed by atoms with Crippen LogP contribution in [-0.2, 0) is 16.8 Å². The van der Waals surface area contributed by atoms with Crippen molar-refractivity contribution < 1.29 is 18.7 Å². The lowest BCUT2D eigenvalue weighted by Crippen LogP contribution is -2.11. The first kappa shape index (κ1) is 19.7. The lowest BCUT2D eigenvalue weighted by molar-refractivity contribution is -0.116. The summed E-state index contributed by atoms with van der Waals surface area (Å²) in [5, 5.41) is 2.78. The fourth-order valence-corrected chi connectivity index (χ4v) is 2.32. The fraction of sp³-hybridized carbons (Fsp3) is 0.450. The summed E-state index contributed by atoms with van der Waals surface area (Å²) in [5.41, 5.74) is 0.850. The molecule has 1 heterocycles. The van der Waals surface area contributed by atoms with Gasteiger partial charge >= 0.3 is 0 Å². The van der Waals surface area contributed by atoms with E-state index >= 15 is 0 Å². The van der Waals surface area contributed by atoms with E-state index in [2.05, 4.69) is 10.3 Å². The highest BCUT2D eigenvalue weighted by Gasteiger charge is 2.19. The number of ether oxygens (including phenoxy) is 1. The van der Waals surface area contributed by atoms with Gasteiger partial charge < -0.3 is 14.5 Å². The average molecular weight is 358 g/mol. The van der Waals surface area contributed by atoms with Crippen LogP contribution in [-0.4, -0.2) is 16.7 Å². The number of oxazole rings is 1. The molecule has 1 aromatic heterocycles. The number of anilines is 1. The smallest absolute Gasteiger partial charge is 0.232 e. The zero-order valence-corrected chi connectivity index (χ0v) is 16.0.